The summed E-state index contributed by atoms with van der Waals surface area (Å²) in [5.74, 6) is 0. The van der Waals surface area contributed by atoms with E-state index in [9.17, 15) is 0 Å². The van der Waals surface area contributed by atoms with Gasteiger partial charge in [-0.1, -0.05) is 23.8 Å². The highest BCUT2D eigenvalue weighted by Gasteiger charge is 2.27. The summed E-state index contributed by atoms with van der Waals surface area (Å²) in [4.78, 5) is 7.03. The second-order valence-electron chi connectivity index (χ2n) is 5.87. The van der Waals surface area contributed by atoms with Crippen molar-refractivity contribution in [2.75, 3.05) is 10.6 Å². The molecule has 2 radical (unpaired) electrons. The Kier molecular flexibility index (Phi) is 3.08. The van der Waals surface area contributed by atoms with E-state index in [1.165, 1.54) is 0 Å². The average molecular weight is 299 g/mol. The van der Waals surface area contributed by atoms with E-state index in [4.69, 9.17) is 10.7 Å². The lowest BCUT2D eigenvalue weighted by atomic mass is 9.98. The van der Waals surface area contributed by atoms with E-state index in [2.05, 4.69) is 35.6 Å². The molecule has 1 heterocycles. The van der Waals surface area contributed by atoms with Gasteiger partial charge < -0.3 is 10.6 Å². The maximum absolute atomic E-state index is 6.15. The van der Waals surface area contributed by atoms with Crippen LogP contribution in [0, 0.1) is 13.3 Å². The Labute approximate surface area is 136 Å². The van der Waals surface area contributed by atoms with Crippen molar-refractivity contribution < 1.29 is 0 Å². The number of nitrogen functional groups attached to an aromatic ring is 1. The number of rotatable bonds is 1. The molecule has 3 heteroatoms. The lowest BCUT2D eigenvalue weighted by Gasteiger charge is -2.34. The lowest BCUT2D eigenvalue weighted by molar-refractivity contribution is 1.17. The molecule has 0 bridgehead atoms. The van der Waals surface area contributed by atoms with Crippen molar-refractivity contribution in [2.24, 2.45) is 4.99 Å². The number of aliphatic imine (C=N–C) groups is 1. The molecule has 1 aliphatic heterocycles. The Morgan fingerprint density at radius 2 is 1.87 bits per heavy atom. The minimum atomic E-state index is 0.777. The lowest BCUT2D eigenvalue weighted by Crippen LogP contribution is -2.27. The highest BCUT2D eigenvalue weighted by molar-refractivity contribution is 6.17. The number of nitrogens with zero attached hydrogens (tertiary/aromatic N) is 2. The van der Waals surface area contributed by atoms with Gasteiger partial charge >= 0.3 is 0 Å². The van der Waals surface area contributed by atoms with Crippen molar-refractivity contribution in [3.63, 3.8) is 0 Å². The average Bonchev–Trinajstić information content (AvgIpc) is 2.55. The Morgan fingerprint density at radius 3 is 2.65 bits per heavy atom. The van der Waals surface area contributed by atoms with Crippen molar-refractivity contribution in [3.05, 3.63) is 77.9 Å². The summed E-state index contributed by atoms with van der Waals surface area (Å²) in [6, 6.07) is 14.3. The molecule has 2 aromatic rings. The van der Waals surface area contributed by atoms with Gasteiger partial charge in [-0.3, -0.25) is 0 Å². The number of para-hydroxylation sites is 1. The van der Waals surface area contributed by atoms with Crippen molar-refractivity contribution in [2.45, 2.75) is 13.8 Å². The first-order chi connectivity index (χ1) is 11.1. The van der Waals surface area contributed by atoms with Crippen LogP contribution in [0.15, 0.2) is 70.9 Å². The van der Waals surface area contributed by atoms with Gasteiger partial charge in [0.25, 0.3) is 0 Å². The highest BCUT2D eigenvalue weighted by Crippen LogP contribution is 2.44. The van der Waals surface area contributed by atoms with E-state index in [1.807, 2.05) is 44.2 Å². The number of aryl methyl sites for hydroxylation is 1. The molecule has 0 spiro atoms. The number of hydrogen-bond acceptors (Lipinski definition) is 3. The fraction of sp³-hybridized carbons (Fsp3) is 0.100. The number of nitrogens with two attached hydrogens (primary N) is 1. The van der Waals surface area contributed by atoms with E-state index >= 15 is 0 Å². The molecule has 0 saturated heterocycles. The zero-order valence-corrected chi connectivity index (χ0v) is 13.2. The zero-order chi connectivity index (χ0) is 16.0. The second kappa shape index (κ2) is 5.13. The van der Waals surface area contributed by atoms with Crippen LogP contribution in [-0.4, -0.2) is 5.71 Å². The maximum Gasteiger partial charge on any atom is 0.0882 e. The maximum atomic E-state index is 6.15. The second-order valence-corrected chi connectivity index (χ2v) is 5.87. The van der Waals surface area contributed by atoms with E-state index in [0.717, 1.165) is 45.3 Å². The van der Waals surface area contributed by atoms with Crippen molar-refractivity contribution in [1.82, 2.24) is 0 Å². The van der Waals surface area contributed by atoms with Gasteiger partial charge in [0.1, 0.15) is 0 Å². The van der Waals surface area contributed by atoms with Gasteiger partial charge in [0.15, 0.2) is 0 Å². The third kappa shape index (κ3) is 2.25. The standard InChI is InChI=1S/C20H17N3/c1-13-8-9-19-17(10-13)22-18-11-14(2)16(21)12-20(18)23(19)15-6-4-3-5-7-15/h3-7,9-12H,21H2,1-2H3. The molecule has 1 aliphatic carbocycles. The number of hydrogen-bond donors (Lipinski definition) is 1. The quantitative estimate of drug-likeness (QED) is 0.774. The Balaban J connectivity index is 1.98. The fourth-order valence-electron chi connectivity index (χ4n) is 2.93. The SMILES string of the molecule is CC1=CC2=Nc3cc(C)c(N)cc3N(c3ccccc3)C2=C[C]1. The van der Waals surface area contributed by atoms with Crippen molar-refractivity contribution in [3.8, 4) is 0 Å². The number of anilines is 3. The predicted molar refractivity (Wildman–Crippen MR) is 96.4 cm³/mol. The van der Waals surface area contributed by atoms with E-state index in [-0.39, 0.29) is 0 Å². The van der Waals surface area contributed by atoms with Crippen LogP contribution in [0.5, 0.6) is 0 Å². The largest absolute Gasteiger partial charge is 0.398 e. The molecular formula is C20H17N3. The van der Waals surface area contributed by atoms with Gasteiger partial charge in [-0.05, 0) is 55.8 Å². The predicted octanol–water partition coefficient (Wildman–Crippen LogP) is 4.73. The summed E-state index contributed by atoms with van der Waals surface area (Å²) in [5.41, 5.74) is 14.1. The smallest absolute Gasteiger partial charge is 0.0882 e. The normalized spacial score (nSPS) is 16.1. The number of allylic oxidation sites excluding steroid dienone is 3. The summed E-state index contributed by atoms with van der Waals surface area (Å²) < 4.78 is 0. The molecule has 0 aromatic heterocycles. The first-order valence-corrected chi connectivity index (χ1v) is 7.63. The highest BCUT2D eigenvalue weighted by atomic mass is 15.2. The van der Waals surface area contributed by atoms with Gasteiger partial charge in [-0.25, -0.2) is 4.99 Å². The molecule has 23 heavy (non-hydrogen) atoms. The molecule has 4 rings (SSSR count). The van der Waals surface area contributed by atoms with Gasteiger partial charge in [0, 0.05) is 17.8 Å². The summed E-state index contributed by atoms with van der Waals surface area (Å²) in [5, 5.41) is 0. The van der Waals surface area contributed by atoms with Crippen LogP contribution in [0.1, 0.15) is 12.5 Å². The Bertz CT molecular complexity index is 873. The van der Waals surface area contributed by atoms with Crippen LogP contribution in [0.3, 0.4) is 0 Å². The van der Waals surface area contributed by atoms with Gasteiger partial charge in [0.05, 0.1) is 22.8 Å². The molecule has 2 N–H and O–H groups in total. The van der Waals surface area contributed by atoms with Gasteiger partial charge in [-0.2, -0.15) is 0 Å². The minimum Gasteiger partial charge on any atom is -0.398 e. The molecule has 0 amide bonds. The van der Waals surface area contributed by atoms with E-state index < -0.39 is 0 Å². The molecule has 112 valence electrons. The van der Waals surface area contributed by atoms with E-state index in [1.54, 1.807) is 0 Å². The molecule has 2 aromatic carbocycles. The monoisotopic (exact) mass is 299 g/mol. The molecule has 0 atom stereocenters. The first-order valence-electron chi connectivity index (χ1n) is 7.63. The molecule has 0 fully saturated rings. The molecule has 0 unspecified atom stereocenters. The summed E-state index contributed by atoms with van der Waals surface area (Å²) in [6.45, 7) is 4.05. The number of benzene rings is 2. The Hall–Kier alpha value is -2.81. The molecule has 0 saturated carbocycles. The van der Waals surface area contributed by atoms with Crippen molar-refractivity contribution in [1.29, 1.82) is 0 Å². The van der Waals surface area contributed by atoms with Crippen LogP contribution in [-0.2, 0) is 0 Å². The van der Waals surface area contributed by atoms with Crippen LogP contribution >= 0.6 is 0 Å². The van der Waals surface area contributed by atoms with Gasteiger partial charge in [0.2, 0.25) is 0 Å². The summed E-state index contributed by atoms with van der Waals surface area (Å²) in [6.07, 6.45) is 7.35. The zero-order valence-electron chi connectivity index (χ0n) is 13.2. The van der Waals surface area contributed by atoms with Crippen LogP contribution in [0.2, 0.25) is 0 Å². The molecule has 3 nitrogen and oxygen atoms in total. The first kappa shape index (κ1) is 13.8. The van der Waals surface area contributed by atoms with E-state index in [0.29, 0.717) is 0 Å². The van der Waals surface area contributed by atoms with Crippen LogP contribution in [0.25, 0.3) is 0 Å². The van der Waals surface area contributed by atoms with Gasteiger partial charge in [-0.15, -0.1) is 0 Å². The number of fused-ring (bicyclic) bond motifs is 2. The topological polar surface area (TPSA) is 41.6 Å². The van der Waals surface area contributed by atoms with Crippen LogP contribution < -0.4 is 10.6 Å². The summed E-state index contributed by atoms with van der Waals surface area (Å²) >= 11 is 0. The molecule has 2 aliphatic rings. The third-order valence-electron chi connectivity index (χ3n) is 4.15. The summed E-state index contributed by atoms with van der Waals surface area (Å²) in [7, 11) is 0. The minimum absolute atomic E-state index is 0.777. The Morgan fingerprint density at radius 1 is 1.09 bits per heavy atom. The molecular weight excluding hydrogens is 282 g/mol. The van der Waals surface area contributed by atoms with Crippen molar-refractivity contribution >= 4 is 28.5 Å². The van der Waals surface area contributed by atoms with Crippen LogP contribution in [0.4, 0.5) is 22.7 Å². The fourth-order valence-corrected chi connectivity index (χ4v) is 2.93. The third-order valence-corrected chi connectivity index (χ3v) is 4.15.